The summed E-state index contributed by atoms with van der Waals surface area (Å²) in [7, 11) is 0. The monoisotopic (exact) mass is 226 g/mol. The average Bonchev–Trinajstić information content (AvgIpc) is 2.15. The number of aromatic hydroxyl groups is 1. The van der Waals surface area contributed by atoms with Crippen molar-refractivity contribution in [3.63, 3.8) is 0 Å². The summed E-state index contributed by atoms with van der Waals surface area (Å²) in [5.41, 5.74) is 5.43. The fourth-order valence-corrected chi connectivity index (χ4v) is 1.23. The molecule has 1 atom stereocenters. The van der Waals surface area contributed by atoms with Crippen molar-refractivity contribution < 1.29 is 19.9 Å². The molecule has 7 heteroatoms. The van der Waals surface area contributed by atoms with Gasteiger partial charge in [-0.2, -0.15) is 0 Å². The summed E-state index contributed by atoms with van der Waals surface area (Å²) < 4.78 is 0. The zero-order chi connectivity index (χ0) is 12.3. The molecule has 86 valence electrons. The Morgan fingerprint density at radius 3 is 2.62 bits per heavy atom. The Hall–Kier alpha value is -2.15. The van der Waals surface area contributed by atoms with Gasteiger partial charge in [-0.25, -0.2) is 0 Å². The molecule has 1 aromatic rings. The van der Waals surface area contributed by atoms with Gasteiger partial charge in [-0.05, 0) is 11.6 Å². The van der Waals surface area contributed by atoms with Gasteiger partial charge in [-0.3, -0.25) is 14.9 Å². The molecule has 0 aliphatic heterocycles. The second-order valence-corrected chi connectivity index (χ2v) is 3.21. The number of phenolic OH excluding ortho intramolecular Hbond substituents is 1. The lowest BCUT2D eigenvalue weighted by Crippen LogP contribution is -2.14. The smallest absolute Gasteiger partial charge is 0.310 e. The maximum Gasteiger partial charge on any atom is 0.310 e. The van der Waals surface area contributed by atoms with Crippen molar-refractivity contribution in [2.75, 3.05) is 0 Å². The normalized spacial score (nSPS) is 12.1. The van der Waals surface area contributed by atoms with E-state index in [4.69, 9.17) is 10.8 Å². The number of nitrogens with two attached hydrogens (primary N) is 1. The molecule has 0 saturated heterocycles. The molecule has 7 nitrogen and oxygen atoms in total. The fourth-order valence-electron chi connectivity index (χ4n) is 1.23. The van der Waals surface area contributed by atoms with Crippen molar-refractivity contribution >= 4 is 11.7 Å². The van der Waals surface area contributed by atoms with Crippen LogP contribution in [0.15, 0.2) is 18.2 Å². The van der Waals surface area contributed by atoms with Gasteiger partial charge in [0.1, 0.15) is 0 Å². The summed E-state index contributed by atoms with van der Waals surface area (Å²) >= 11 is 0. The molecule has 0 amide bonds. The third-order valence-corrected chi connectivity index (χ3v) is 2.02. The van der Waals surface area contributed by atoms with Crippen LogP contribution in [0.1, 0.15) is 18.0 Å². The van der Waals surface area contributed by atoms with Crippen LogP contribution in [0.4, 0.5) is 5.69 Å². The number of nitro groups is 1. The minimum absolute atomic E-state index is 0.308. The summed E-state index contributed by atoms with van der Waals surface area (Å²) in [5, 5.41) is 28.2. The molecule has 0 bridgehead atoms. The van der Waals surface area contributed by atoms with E-state index in [2.05, 4.69) is 0 Å². The molecule has 0 radical (unpaired) electrons. The third-order valence-electron chi connectivity index (χ3n) is 2.02. The number of nitro benzene ring substituents is 1. The van der Waals surface area contributed by atoms with Crippen LogP contribution in [-0.4, -0.2) is 21.1 Å². The van der Waals surface area contributed by atoms with Crippen LogP contribution in [0, 0.1) is 10.1 Å². The molecule has 0 saturated carbocycles. The van der Waals surface area contributed by atoms with Crippen molar-refractivity contribution in [1.29, 1.82) is 0 Å². The van der Waals surface area contributed by atoms with E-state index in [1.807, 2.05) is 0 Å². The number of hydrogen-bond acceptors (Lipinski definition) is 5. The summed E-state index contributed by atoms with van der Waals surface area (Å²) in [6.07, 6.45) is -0.308. The fraction of sp³-hybridized carbons (Fsp3) is 0.222. The molecule has 0 heterocycles. The Morgan fingerprint density at radius 1 is 1.56 bits per heavy atom. The lowest BCUT2D eigenvalue weighted by Gasteiger charge is -2.09. The van der Waals surface area contributed by atoms with Crippen molar-refractivity contribution in [3.8, 4) is 5.75 Å². The molecule has 16 heavy (non-hydrogen) atoms. The standard InChI is InChI=1S/C9H10N2O5/c10-6(4-9(13)14)5-1-2-7(11(15)16)8(12)3-5/h1-3,6,12H,4,10H2,(H,13,14)/t6-/m0/s1. The molecule has 0 aromatic heterocycles. The molecule has 1 rings (SSSR count). The van der Waals surface area contributed by atoms with Crippen LogP contribution < -0.4 is 5.73 Å². The van der Waals surface area contributed by atoms with Crippen molar-refractivity contribution in [2.24, 2.45) is 5.73 Å². The van der Waals surface area contributed by atoms with E-state index in [1.165, 1.54) is 6.07 Å². The summed E-state index contributed by atoms with van der Waals surface area (Å²) in [6.45, 7) is 0. The van der Waals surface area contributed by atoms with Crippen LogP contribution in [0.5, 0.6) is 5.75 Å². The molecule has 0 spiro atoms. The largest absolute Gasteiger partial charge is 0.502 e. The number of rotatable bonds is 4. The Bertz CT molecular complexity index is 432. The van der Waals surface area contributed by atoms with Gasteiger partial charge in [0.15, 0.2) is 5.75 Å². The maximum absolute atomic E-state index is 10.4. The number of carboxylic acid groups (broad SMARTS) is 1. The Morgan fingerprint density at radius 2 is 2.19 bits per heavy atom. The van der Waals surface area contributed by atoms with Crippen molar-refractivity contribution in [3.05, 3.63) is 33.9 Å². The highest BCUT2D eigenvalue weighted by Gasteiger charge is 2.17. The third kappa shape index (κ3) is 2.67. The Balaban J connectivity index is 2.96. The number of nitrogens with zero attached hydrogens (tertiary/aromatic N) is 1. The average molecular weight is 226 g/mol. The SMILES string of the molecule is N[C@@H](CC(=O)O)c1ccc([N+](=O)[O-])c(O)c1. The first-order valence-corrected chi connectivity index (χ1v) is 4.36. The second-order valence-electron chi connectivity index (χ2n) is 3.21. The summed E-state index contributed by atoms with van der Waals surface area (Å²) in [4.78, 5) is 20.1. The van der Waals surface area contributed by atoms with Gasteiger partial charge < -0.3 is 15.9 Å². The molecule has 4 N–H and O–H groups in total. The van der Waals surface area contributed by atoms with Gasteiger partial charge in [-0.1, -0.05) is 6.07 Å². The van der Waals surface area contributed by atoms with Crippen LogP contribution >= 0.6 is 0 Å². The quantitative estimate of drug-likeness (QED) is 0.514. The van der Waals surface area contributed by atoms with E-state index in [9.17, 15) is 20.0 Å². The predicted molar refractivity (Wildman–Crippen MR) is 53.9 cm³/mol. The number of hydrogen-bond donors (Lipinski definition) is 3. The van der Waals surface area contributed by atoms with E-state index in [-0.39, 0.29) is 6.42 Å². The first kappa shape index (κ1) is 11.9. The van der Waals surface area contributed by atoms with Crippen LogP contribution in [0.3, 0.4) is 0 Å². The van der Waals surface area contributed by atoms with Crippen molar-refractivity contribution in [1.82, 2.24) is 0 Å². The lowest BCUT2D eigenvalue weighted by molar-refractivity contribution is -0.385. The molecular weight excluding hydrogens is 216 g/mol. The highest BCUT2D eigenvalue weighted by atomic mass is 16.6. The second kappa shape index (κ2) is 4.58. The first-order chi connectivity index (χ1) is 7.41. The summed E-state index contributed by atoms with van der Waals surface area (Å²) in [6, 6.07) is 2.72. The maximum atomic E-state index is 10.4. The number of benzene rings is 1. The van der Waals surface area contributed by atoms with E-state index < -0.39 is 28.4 Å². The van der Waals surface area contributed by atoms with E-state index >= 15 is 0 Å². The number of carbonyl (C=O) groups is 1. The van der Waals surface area contributed by atoms with Gasteiger partial charge in [-0.15, -0.1) is 0 Å². The van der Waals surface area contributed by atoms with Crippen LogP contribution in [-0.2, 0) is 4.79 Å². The van der Waals surface area contributed by atoms with E-state index in [0.717, 1.165) is 12.1 Å². The number of aliphatic carboxylic acids is 1. The Labute approximate surface area is 90.3 Å². The zero-order valence-electron chi connectivity index (χ0n) is 8.16. The number of phenols is 1. The van der Waals surface area contributed by atoms with Crippen LogP contribution in [0.25, 0.3) is 0 Å². The van der Waals surface area contributed by atoms with Gasteiger partial charge in [0.05, 0.1) is 11.3 Å². The molecule has 0 aliphatic rings. The van der Waals surface area contributed by atoms with E-state index in [1.54, 1.807) is 0 Å². The molecular formula is C9H10N2O5. The van der Waals surface area contributed by atoms with Gasteiger partial charge in [0.2, 0.25) is 0 Å². The molecule has 0 fully saturated rings. The van der Waals surface area contributed by atoms with Gasteiger partial charge in [0.25, 0.3) is 0 Å². The number of carboxylic acids is 1. The van der Waals surface area contributed by atoms with Crippen molar-refractivity contribution in [2.45, 2.75) is 12.5 Å². The minimum atomic E-state index is -1.08. The first-order valence-electron chi connectivity index (χ1n) is 4.36. The highest BCUT2D eigenvalue weighted by Crippen LogP contribution is 2.28. The zero-order valence-corrected chi connectivity index (χ0v) is 8.16. The molecule has 0 aliphatic carbocycles. The molecule has 1 aromatic carbocycles. The predicted octanol–water partition coefficient (Wildman–Crippen LogP) is 0.775. The topological polar surface area (TPSA) is 127 Å². The van der Waals surface area contributed by atoms with Gasteiger partial charge in [0, 0.05) is 12.1 Å². The molecule has 0 unspecified atom stereocenters. The minimum Gasteiger partial charge on any atom is -0.502 e. The highest BCUT2D eigenvalue weighted by molar-refractivity contribution is 5.68. The summed E-state index contributed by atoms with van der Waals surface area (Å²) in [5.74, 6) is -1.60. The lowest BCUT2D eigenvalue weighted by atomic mass is 10.0. The van der Waals surface area contributed by atoms with Crippen LogP contribution in [0.2, 0.25) is 0 Å². The van der Waals surface area contributed by atoms with E-state index in [0.29, 0.717) is 5.56 Å². The van der Waals surface area contributed by atoms with Gasteiger partial charge >= 0.3 is 11.7 Å². The Kier molecular flexibility index (Phi) is 3.41.